The van der Waals surface area contributed by atoms with Crippen molar-refractivity contribution in [2.24, 2.45) is 0 Å². The number of carbonyl (C=O) groups excluding carboxylic acids is 1. The largest absolute Gasteiger partial charge is 0.457 e. The number of hydrogen-bond donors (Lipinski definition) is 0. The second kappa shape index (κ2) is 9.63. The first-order chi connectivity index (χ1) is 13.6. The van der Waals surface area contributed by atoms with Crippen molar-refractivity contribution in [3.63, 3.8) is 0 Å². The average Bonchev–Trinajstić information content (AvgIpc) is 2.73. The molecule has 0 saturated carbocycles. The van der Waals surface area contributed by atoms with Crippen LogP contribution >= 0.6 is 23.2 Å². The molecular weight excluding hydrogens is 393 g/mol. The highest BCUT2D eigenvalue weighted by molar-refractivity contribution is 6.30. The number of nitrogens with zero attached hydrogens (tertiary/aromatic N) is 1. The van der Waals surface area contributed by atoms with Gasteiger partial charge in [-0.2, -0.15) is 0 Å². The number of hydrogen-bond acceptors (Lipinski definition) is 2. The summed E-state index contributed by atoms with van der Waals surface area (Å²) in [4.78, 5) is 14.3. The lowest BCUT2D eigenvalue weighted by atomic mass is 10.1. The normalized spacial score (nSPS) is 11.7. The Morgan fingerprint density at radius 2 is 1.68 bits per heavy atom. The molecule has 1 unspecified atom stereocenters. The van der Waals surface area contributed by atoms with E-state index in [2.05, 4.69) is 0 Å². The predicted molar refractivity (Wildman–Crippen MR) is 114 cm³/mol. The number of amides is 1. The molecule has 3 rings (SSSR count). The molecule has 0 aliphatic rings. The Labute approximate surface area is 175 Å². The zero-order valence-corrected chi connectivity index (χ0v) is 17.0. The van der Waals surface area contributed by atoms with Gasteiger partial charge in [0, 0.05) is 11.6 Å². The third kappa shape index (κ3) is 5.28. The molecule has 0 heterocycles. The fourth-order valence-corrected chi connectivity index (χ4v) is 3.25. The fraction of sp³-hybridized carbons (Fsp3) is 0.174. The maximum Gasteiger partial charge on any atom is 0.238 e. The standard InChI is InChI=1S/C23H21Cl2NO2/c1-17(19-7-3-2-4-8-19)26(23(27)15-24)16-18-6-5-9-22(14-18)28-21-12-10-20(25)11-13-21/h2-14,17H,15-16H2,1H3. The van der Waals surface area contributed by atoms with Crippen LogP contribution in [0.5, 0.6) is 11.5 Å². The zero-order valence-electron chi connectivity index (χ0n) is 15.5. The lowest BCUT2D eigenvalue weighted by Gasteiger charge is -2.29. The molecule has 0 aliphatic heterocycles. The van der Waals surface area contributed by atoms with Crippen LogP contribution < -0.4 is 4.74 Å². The van der Waals surface area contributed by atoms with Gasteiger partial charge < -0.3 is 9.64 Å². The number of ether oxygens (including phenoxy) is 1. The summed E-state index contributed by atoms with van der Waals surface area (Å²) in [7, 11) is 0. The Morgan fingerprint density at radius 3 is 2.36 bits per heavy atom. The van der Waals surface area contributed by atoms with E-state index >= 15 is 0 Å². The molecule has 3 aromatic rings. The highest BCUT2D eigenvalue weighted by Gasteiger charge is 2.21. The Hall–Kier alpha value is -2.49. The molecule has 144 valence electrons. The lowest BCUT2D eigenvalue weighted by molar-refractivity contribution is -0.131. The number of benzene rings is 3. The van der Waals surface area contributed by atoms with Crippen LogP contribution in [0, 0.1) is 0 Å². The quantitative estimate of drug-likeness (QED) is 0.415. The summed E-state index contributed by atoms with van der Waals surface area (Å²) in [5.41, 5.74) is 2.03. The van der Waals surface area contributed by atoms with E-state index in [1.54, 1.807) is 17.0 Å². The summed E-state index contributed by atoms with van der Waals surface area (Å²) in [5.74, 6) is 1.23. The van der Waals surface area contributed by atoms with E-state index in [-0.39, 0.29) is 17.8 Å². The first kappa shape index (κ1) is 20.2. The average molecular weight is 414 g/mol. The number of rotatable bonds is 7. The van der Waals surface area contributed by atoms with Gasteiger partial charge in [0.2, 0.25) is 5.91 Å². The van der Waals surface area contributed by atoms with Crippen LogP contribution in [0.25, 0.3) is 0 Å². The molecule has 1 atom stereocenters. The van der Waals surface area contributed by atoms with Crippen molar-refractivity contribution in [1.82, 2.24) is 4.90 Å². The van der Waals surface area contributed by atoms with Gasteiger partial charge in [0.1, 0.15) is 17.4 Å². The van der Waals surface area contributed by atoms with Gasteiger partial charge in [-0.3, -0.25) is 4.79 Å². The summed E-state index contributed by atoms with van der Waals surface area (Å²) in [5, 5.41) is 0.659. The monoisotopic (exact) mass is 413 g/mol. The van der Waals surface area contributed by atoms with Crippen LogP contribution in [-0.4, -0.2) is 16.7 Å². The third-order valence-corrected chi connectivity index (χ3v) is 4.97. The molecule has 0 spiro atoms. The lowest BCUT2D eigenvalue weighted by Crippen LogP contribution is -2.34. The van der Waals surface area contributed by atoms with Crippen molar-refractivity contribution in [3.8, 4) is 11.5 Å². The first-order valence-electron chi connectivity index (χ1n) is 8.99. The summed E-state index contributed by atoms with van der Waals surface area (Å²) < 4.78 is 5.90. The fourth-order valence-electron chi connectivity index (χ4n) is 2.97. The van der Waals surface area contributed by atoms with Crippen LogP contribution in [0.2, 0.25) is 5.02 Å². The maximum atomic E-state index is 12.5. The smallest absolute Gasteiger partial charge is 0.238 e. The molecule has 0 N–H and O–H groups in total. The molecule has 28 heavy (non-hydrogen) atoms. The van der Waals surface area contributed by atoms with Crippen molar-refractivity contribution >= 4 is 29.1 Å². The summed E-state index contributed by atoms with van der Waals surface area (Å²) in [6.45, 7) is 2.45. The summed E-state index contributed by atoms with van der Waals surface area (Å²) in [6.07, 6.45) is 0. The number of carbonyl (C=O) groups is 1. The molecule has 0 aromatic heterocycles. The van der Waals surface area contributed by atoms with E-state index in [9.17, 15) is 4.79 Å². The molecule has 0 fully saturated rings. The Kier molecular flexibility index (Phi) is 6.96. The van der Waals surface area contributed by atoms with Crippen molar-refractivity contribution in [2.45, 2.75) is 19.5 Å². The molecule has 0 radical (unpaired) electrons. The van der Waals surface area contributed by atoms with E-state index in [4.69, 9.17) is 27.9 Å². The van der Waals surface area contributed by atoms with Crippen LogP contribution in [-0.2, 0) is 11.3 Å². The topological polar surface area (TPSA) is 29.5 Å². The highest BCUT2D eigenvalue weighted by atomic mass is 35.5. The molecule has 0 saturated heterocycles. The molecule has 0 bridgehead atoms. The van der Waals surface area contributed by atoms with Gasteiger partial charge in [-0.1, -0.05) is 54.1 Å². The molecular formula is C23H21Cl2NO2. The molecule has 5 heteroatoms. The van der Waals surface area contributed by atoms with Gasteiger partial charge in [0.25, 0.3) is 0 Å². The summed E-state index contributed by atoms with van der Waals surface area (Å²) in [6, 6.07) is 24.7. The van der Waals surface area contributed by atoms with E-state index < -0.39 is 0 Å². The SMILES string of the molecule is CC(c1ccccc1)N(Cc1cccc(Oc2ccc(Cl)cc2)c1)C(=O)CCl. The van der Waals surface area contributed by atoms with Gasteiger partial charge in [0.15, 0.2) is 0 Å². The third-order valence-electron chi connectivity index (χ3n) is 4.48. The minimum atomic E-state index is -0.109. The van der Waals surface area contributed by atoms with Gasteiger partial charge in [-0.15, -0.1) is 11.6 Å². The molecule has 1 amide bonds. The van der Waals surface area contributed by atoms with E-state index in [0.29, 0.717) is 23.1 Å². The second-order valence-corrected chi connectivity index (χ2v) is 7.15. The zero-order chi connectivity index (χ0) is 19.9. The first-order valence-corrected chi connectivity index (χ1v) is 9.91. The summed E-state index contributed by atoms with van der Waals surface area (Å²) >= 11 is 11.8. The number of halogens is 2. The van der Waals surface area contributed by atoms with Crippen LogP contribution in [0.15, 0.2) is 78.9 Å². The number of alkyl halides is 1. The highest BCUT2D eigenvalue weighted by Crippen LogP contribution is 2.27. The second-order valence-electron chi connectivity index (χ2n) is 6.45. The van der Waals surface area contributed by atoms with Crippen molar-refractivity contribution in [3.05, 3.63) is 95.0 Å². The minimum Gasteiger partial charge on any atom is -0.457 e. The van der Waals surface area contributed by atoms with Crippen molar-refractivity contribution < 1.29 is 9.53 Å². The molecule has 3 nitrogen and oxygen atoms in total. The van der Waals surface area contributed by atoms with Gasteiger partial charge in [-0.25, -0.2) is 0 Å². The van der Waals surface area contributed by atoms with Crippen molar-refractivity contribution in [2.75, 3.05) is 5.88 Å². The Balaban J connectivity index is 1.79. The van der Waals surface area contributed by atoms with Gasteiger partial charge in [-0.05, 0) is 54.4 Å². The van der Waals surface area contributed by atoms with E-state index in [1.165, 1.54) is 0 Å². The Bertz CT molecular complexity index is 913. The molecule has 3 aromatic carbocycles. The van der Waals surface area contributed by atoms with Crippen LogP contribution in [0.4, 0.5) is 0 Å². The maximum absolute atomic E-state index is 12.5. The van der Waals surface area contributed by atoms with Gasteiger partial charge >= 0.3 is 0 Å². The van der Waals surface area contributed by atoms with E-state index in [1.807, 2.05) is 73.7 Å². The Morgan fingerprint density at radius 1 is 0.964 bits per heavy atom. The predicted octanol–water partition coefficient (Wildman–Crippen LogP) is 6.46. The van der Waals surface area contributed by atoms with Crippen LogP contribution in [0.3, 0.4) is 0 Å². The van der Waals surface area contributed by atoms with E-state index in [0.717, 1.165) is 11.1 Å². The van der Waals surface area contributed by atoms with Gasteiger partial charge in [0.05, 0.1) is 6.04 Å². The van der Waals surface area contributed by atoms with Crippen LogP contribution in [0.1, 0.15) is 24.1 Å². The molecule has 0 aliphatic carbocycles. The van der Waals surface area contributed by atoms with Crippen molar-refractivity contribution in [1.29, 1.82) is 0 Å². The minimum absolute atomic E-state index is 0.0574.